The van der Waals surface area contributed by atoms with Crippen LogP contribution in [0.2, 0.25) is 0 Å². The van der Waals surface area contributed by atoms with Crippen LogP contribution in [0.1, 0.15) is 18.6 Å². The Morgan fingerprint density at radius 2 is 1.05 bits per heavy atom. The van der Waals surface area contributed by atoms with Crippen molar-refractivity contribution in [1.82, 2.24) is 0 Å². The van der Waals surface area contributed by atoms with Gasteiger partial charge in [0.05, 0.1) is 0 Å². The largest absolute Gasteiger partial charge is 0.418 e. The fourth-order valence-corrected chi connectivity index (χ4v) is 2.12. The first-order chi connectivity index (χ1) is 8.63. The first kappa shape index (κ1) is 15.3. The minimum absolute atomic E-state index is 0. The Balaban J connectivity index is 0.00000180. The van der Waals surface area contributed by atoms with Crippen molar-refractivity contribution in [2.75, 3.05) is 0 Å². The third-order valence-corrected chi connectivity index (χ3v) is 3.25. The molecule has 19 heavy (non-hydrogen) atoms. The maximum atomic E-state index is 11.7. The van der Waals surface area contributed by atoms with E-state index in [2.05, 4.69) is 0 Å². The first-order valence-electron chi connectivity index (χ1n) is 5.66. The molecule has 0 radical (unpaired) electrons. The van der Waals surface area contributed by atoms with Crippen molar-refractivity contribution < 1.29 is 13.6 Å². The fraction of sp³-hybridized carbons (Fsp3) is 0.200. The van der Waals surface area contributed by atoms with Crippen LogP contribution in [0.15, 0.2) is 48.5 Å². The molecule has 0 atom stereocenters. The normalized spacial score (nSPS) is 9.84. The highest BCUT2D eigenvalue weighted by Crippen LogP contribution is 2.30. The molecule has 0 aliphatic heterocycles. The van der Waals surface area contributed by atoms with Gasteiger partial charge in [0.2, 0.25) is 0 Å². The van der Waals surface area contributed by atoms with E-state index in [-0.39, 0.29) is 7.43 Å². The maximum absolute atomic E-state index is 11.7. The summed E-state index contributed by atoms with van der Waals surface area (Å²) in [4.78, 5) is 0. The predicted octanol–water partition coefficient (Wildman–Crippen LogP) is 4.79. The summed E-state index contributed by atoms with van der Waals surface area (Å²) in [5.74, 6) is 1.10. The highest BCUT2D eigenvalue weighted by Gasteiger charge is 2.03. The van der Waals surface area contributed by atoms with Gasteiger partial charge in [0.1, 0.15) is 11.5 Å². The van der Waals surface area contributed by atoms with E-state index in [1.807, 2.05) is 38.1 Å². The first-order valence-corrected chi connectivity index (χ1v) is 6.89. The van der Waals surface area contributed by atoms with Crippen molar-refractivity contribution in [3.8, 4) is 11.5 Å². The van der Waals surface area contributed by atoms with E-state index >= 15 is 0 Å². The Hall–Kier alpha value is -1.73. The molecule has 0 unspecified atom stereocenters. The van der Waals surface area contributed by atoms with Crippen LogP contribution in [-0.2, 0) is 4.57 Å². The summed E-state index contributed by atoms with van der Waals surface area (Å²) in [7, 11) is -2.57. The van der Waals surface area contributed by atoms with Gasteiger partial charge < -0.3 is 9.05 Å². The van der Waals surface area contributed by atoms with Crippen LogP contribution in [0.25, 0.3) is 0 Å². The number of benzene rings is 2. The summed E-state index contributed by atoms with van der Waals surface area (Å²) in [5.41, 5.74) is 2.25. The molecule has 0 saturated carbocycles. The van der Waals surface area contributed by atoms with Crippen LogP contribution in [0.3, 0.4) is 0 Å². The molecular weight excluding hydrogens is 259 g/mol. The van der Waals surface area contributed by atoms with Gasteiger partial charge in [-0.1, -0.05) is 42.8 Å². The van der Waals surface area contributed by atoms with Crippen molar-refractivity contribution in [1.29, 1.82) is 0 Å². The lowest BCUT2D eigenvalue weighted by molar-refractivity contribution is 0.415. The molecule has 3 nitrogen and oxygen atoms in total. The Kier molecular flexibility index (Phi) is 5.65. The molecule has 0 heterocycles. The topological polar surface area (TPSA) is 35.5 Å². The smallest absolute Gasteiger partial charge is 0.418 e. The van der Waals surface area contributed by atoms with Crippen LogP contribution in [-0.4, -0.2) is 0 Å². The number of aryl methyl sites for hydroxylation is 2. The second kappa shape index (κ2) is 7.01. The SMILES string of the molecule is C.Cc1ccc(O[PH](=O)Oc2ccc(C)cc2)cc1. The van der Waals surface area contributed by atoms with Gasteiger partial charge in [-0.05, 0) is 38.1 Å². The summed E-state index contributed by atoms with van der Waals surface area (Å²) < 4.78 is 22.1. The van der Waals surface area contributed by atoms with E-state index in [1.165, 1.54) is 0 Å². The fourth-order valence-electron chi connectivity index (χ4n) is 1.43. The van der Waals surface area contributed by atoms with E-state index in [4.69, 9.17) is 9.05 Å². The molecule has 0 aliphatic rings. The zero-order valence-electron chi connectivity index (χ0n) is 10.3. The van der Waals surface area contributed by atoms with E-state index in [0.29, 0.717) is 11.5 Å². The molecule has 102 valence electrons. The molecule has 0 bridgehead atoms. The number of rotatable bonds is 4. The third kappa shape index (κ3) is 4.80. The maximum Gasteiger partial charge on any atom is 0.418 e. The van der Waals surface area contributed by atoms with Crippen LogP contribution in [0, 0.1) is 13.8 Å². The number of hydrogen-bond acceptors (Lipinski definition) is 3. The summed E-state index contributed by atoms with van der Waals surface area (Å²) in [5, 5.41) is 0. The molecule has 0 fully saturated rings. The Labute approximate surface area is 115 Å². The monoisotopic (exact) mass is 278 g/mol. The summed E-state index contributed by atoms with van der Waals surface area (Å²) in [6.45, 7) is 3.96. The third-order valence-electron chi connectivity index (χ3n) is 2.44. The van der Waals surface area contributed by atoms with Gasteiger partial charge in [0, 0.05) is 0 Å². The highest BCUT2D eigenvalue weighted by molar-refractivity contribution is 7.34. The van der Waals surface area contributed by atoms with Gasteiger partial charge in [-0.2, -0.15) is 0 Å². The van der Waals surface area contributed by atoms with Gasteiger partial charge in [-0.3, -0.25) is 0 Å². The van der Waals surface area contributed by atoms with Crippen LogP contribution in [0.4, 0.5) is 0 Å². The lowest BCUT2D eigenvalue weighted by Crippen LogP contribution is -1.89. The van der Waals surface area contributed by atoms with Gasteiger partial charge in [-0.25, -0.2) is 4.57 Å². The van der Waals surface area contributed by atoms with Gasteiger partial charge >= 0.3 is 8.25 Å². The van der Waals surface area contributed by atoms with E-state index in [0.717, 1.165) is 11.1 Å². The summed E-state index contributed by atoms with van der Waals surface area (Å²) >= 11 is 0. The van der Waals surface area contributed by atoms with E-state index in [1.54, 1.807) is 24.3 Å². The van der Waals surface area contributed by atoms with Gasteiger partial charge in [-0.15, -0.1) is 0 Å². The van der Waals surface area contributed by atoms with Crippen LogP contribution in [0.5, 0.6) is 11.5 Å². The van der Waals surface area contributed by atoms with E-state index in [9.17, 15) is 4.57 Å². The molecule has 0 amide bonds. The second-order valence-corrected chi connectivity index (χ2v) is 4.99. The highest BCUT2D eigenvalue weighted by atomic mass is 31.1. The average molecular weight is 278 g/mol. The van der Waals surface area contributed by atoms with Crippen LogP contribution >= 0.6 is 8.25 Å². The lowest BCUT2D eigenvalue weighted by atomic mass is 10.2. The Morgan fingerprint density at radius 1 is 0.737 bits per heavy atom. The predicted molar refractivity (Wildman–Crippen MR) is 79.3 cm³/mol. The van der Waals surface area contributed by atoms with Crippen molar-refractivity contribution in [3.05, 3.63) is 59.7 Å². The molecule has 2 aromatic rings. The van der Waals surface area contributed by atoms with Crippen molar-refractivity contribution >= 4 is 8.25 Å². The van der Waals surface area contributed by atoms with Crippen molar-refractivity contribution in [2.24, 2.45) is 0 Å². The summed E-state index contributed by atoms with van der Waals surface area (Å²) in [6, 6.07) is 14.7. The van der Waals surface area contributed by atoms with Gasteiger partial charge in [0.15, 0.2) is 0 Å². The standard InChI is InChI=1S/C14H15O3P.CH4/c1-11-3-7-13(8-4-11)16-18(15)17-14-9-5-12(2)6-10-14;/h3-10,18H,1-2H3;1H4. The molecule has 0 aliphatic carbocycles. The van der Waals surface area contributed by atoms with Crippen molar-refractivity contribution in [3.63, 3.8) is 0 Å². The molecule has 0 N–H and O–H groups in total. The Bertz CT molecular complexity index is 483. The lowest BCUT2D eigenvalue weighted by Gasteiger charge is -2.08. The molecule has 4 heteroatoms. The molecule has 2 rings (SSSR count). The number of hydrogen-bond donors (Lipinski definition) is 0. The molecule has 0 spiro atoms. The van der Waals surface area contributed by atoms with Crippen LogP contribution < -0.4 is 9.05 Å². The molecule has 0 aromatic heterocycles. The second-order valence-electron chi connectivity index (χ2n) is 4.08. The molecular formula is C15H19O3P. The molecule has 0 saturated heterocycles. The van der Waals surface area contributed by atoms with Crippen molar-refractivity contribution in [2.45, 2.75) is 21.3 Å². The van der Waals surface area contributed by atoms with Gasteiger partial charge in [0.25, 0.3) is 0 Å². The molecule has 2 aromatic carbocycles. The minimum atomic E-state index is -2.57. The quantitative estimate of drug-likeness (QED) is 0.754. The van der Waals surface area contributed by atoms with E-state index < -0.39 is 8.25 Å². The average Bonchev–Trinajstić information content (AvgIpc) is 2.35. The zero-order valence-corrected chi connectivity index (χ0v) is 11.3. The minimum Gasteiger partial charge on any atom is -0.418 e. The zero-order chi connectivity index (χ0) is 13.0. The summed E-state index contributed by atoms with van der Waals surface area (Å²) in [6.07, 6.45) is 0. The Morgan fingerprint density at radius 3 is 1.37 bits per heavy atom.